The maximum Gasteiger partial charge on any atom is 0.287 e. The minimum Gasteiger partial charge on any atom is -0.451 e. The van der Waals surface area contributed by atoms with Gasteiger partial charge in [0, 0.05) is 17.5 Å². The van der Waals surface area contributed by atoms with Crippen molar-refractivity contribution >= 4 is 16.9 Å². The highest BCUT2D eigenvalue weighted by Gasteiger charge is 2.24. The van der Waals surface area contributed by atoms with Crippen LogP contribution in [0.25, 0.3) is 11.0 Å². The van der Waals surface area contributed by atoms with Gasteiger partial charge in [-0.05, 0) is 63.5 Å². The standard InChI is InChI=1S/C24H27FN2O2/c1-16-6-8-18(9-7-16)21(27-12-4-3-5-13-27)15-26-24(28)23-17(2)20-14-19(25)10-11-22(20)29-23/h6-11,14,21H,3-5,12-13,15H2,1-2H3,(H,26,28)/t21-/m0/s1. The molecule has 4 rings (SSSR count). The van der Waals surface area contributed by atoms with Gasteiger partial charge < -0.3 is 9.73 Å². The summed E-state index contributed by atoms with van der Waals surface area (Å²) in [4.78, 5) is 15.3. The molecular weight excluding hydrogens is 367 g/mol. The summed E-state index contributed by atoms with van der Waals surface area (Å²) in [6.07, 6.45) is 3.63. The van der Waals surface area contributed by atoms with Gasteiger partial charge in [-0.3, -0.25) is 9.69 Å². The monoisotopic (exact) mass is 394 g/mol. The third kappa shape index (κ3) is 4.20. The van der Waals surface area contributed by atoms with Gasteiger partial charge in [0.05, 0.1) is 6.04 Å². The molecule has 0 unspecified atom stereocenters. The van der Waals surface area contributed by atoms with E-state index in [1.54, 1.807) is 13.0 Å². The number of piperidine rings is 1. The van der Waals surface area contributed by atoms with Crippen molar-refractivity contribution in [2.24, 2.45) is 0 Å². The highest BCUT2D eigenvalue weighted by molar-refractivity contribution is 5.98. The Morgan fingerprint density at radius 2 is 1.83 bits per heavy atom. The third-order valence-corrected chi connectivity index (χ3v) is 5.85. The van der Waals surface area contributed by atoms with Crippen LogP contribution in [0.2, 0.25) is 0 Å². The molecule has 1 fully saturated rings. The van der Waals surface area contributed by atoms with E-state index in [1.165, 1.54) is 42.5 Å². The van der Waals surface area contributed by atoms with Crippen LogP contribution < -0.4 is 5.32 Å². The van der Waals surface area contributed by atoms with Crippen LogP contribution >= 0.6 is 0 Å². The zero-order valence-electron chi connectivity index (χ0n) is 17.0. The van der Waals surface area contributed by atoms with Crippen molar-refractivity contribution < 1.29 is 13.6 Å². The van der Waals surface area contributed by atoms with Gasteiger partial charge in [-0.2, -0.15) is 0 Å². The summed E-state index contributed by atoms with van der Waals surface area (Å²) in [7, 11) is 0. The predicted molar refractivity (Wildman–Crippen MR) is 113 cm³/mol. The molecular formula is C24H27FN2O2. The molecule has 1 N–H and O–H groups in total. The number of furan rings is 1. The van der Waals surface area contributed by atoms with Gasteiger partial charge in [-0.25, -0.2) is 4.39 Å². The van der Waals surface area contributed by atoms with Crippen molar-refractivity contribution in [1.29, 1.82) is 0 Å². The Balaban J connectivity index is 1.54. The molecule has 1 aromatic heterocycles. The van der Waals surface area contributed by atoms with E-state index in [4.69, 9.17) is 4.42 Å². The van der Waals surface area contributed by atoms with Crippen LogP contribution in [-0.2, 0) is 0 Å². The summed E-state index contributed by atoms with van der Waals surface area (Å²) in [5.41, 5.74) is 3.63. The van der Waals surface area contributed by atoms with E-state index in [0.717, 1.165) is 13.1 Å². The van der Waals surface area contributed by atoms with Gasteiger partial charge in [0.15, 0.2) is 5.76 Å². The summed E-state index contributed by atoms with van der Waals surface area (Å²) in [6, 6.07) is 13.0. The van der Waals surface area contributed by atoms with Gasteiger partial charge in [-0.15, -0.1) is 0 Å². The van der Waals surface area contributed by atoms with E-state index in [0.29, 0.717) is 23.1 Å². The average molecular weight is 394 g/mol. The molecule has 1 saturated heterocycles. The SMILES string of the molecule is Cc1ccc([C@H](CNC(=O)c2oc3ccc(F)cc3c2C)N2CCCCC2)cc1. The molecule has 0 bridgehead atoms. The van der Waals surface area contributed by atoms with E-state index in [2.05, 4.69) is 41.4 Å². The van der Waals surface area contributed by atoms with Crippen LogP contribution in [0.4, 0.5) is 4.39 Å². The smallest absolute Gasteiger partial charge is 0.287 e. The first-order valence-corrected chi connectivity index (χ1v) is 10.3. The number of likely N-dealkylation sites (tertiary alicyclic amines) is 1. The van der Waals surface area contributed by atoms with Crippen LogP contribution in [0, 0.1) is 19.7 Å². The van der Waals surface area contributed by atoms with Crippen LogP contribution in [0.5, 0.6) is 0 Å². The number of amides is 1. The van der Waals surface area contributed by atoms with Gasteiger partial charge in [-0.1, -0.05) is 36.2 Å². The van der Waals surface area contributed by atoms with Crippen LogP contribution in [0.3, 0.4) is 0 Å². The van der Waals surface area contributed by atoms with E-state index in [-0.39, 0.29) is 23.5 Å². The Labute approximate surface area is 170 Å². The zero-order chi connectivity index (χ0) is 20.4. The number of nitrogens with one attached hydrogen (secondary N) is 1. The molecule has 2 aromatic carbocycles. The fraction of sp³-hybridized carbons (Fsp3) is 0.375. The molecule has 2 heterocycles. The number of hydrogen-bond donors (Lipinski definition) is 1. The number of halogens is 1. The summed E-state index contributed by atoms with van der Waals surface area (Å²) < 4.78 is 19.3. The normalized spacial score (nSPS) is 16.1. The molecule has 1 aliphatic heterocycles. The maximum absolute atomic E-state index is 13.6. The van der Waals surface area contributed by atoms with Gasteiger partial charge in [0.2, 0.25) is 0 Å². The molecule has 1 amide bonds. The minimum absolute atomic E-state index is 0.127. The van der Waals surface area contributed by atoms with Crippen LogP contribution in [0.1, 0.15) is 52.5 Å². The fourth-order valence-electron chi connectivity index (χ4n) is 4.16. The first-order chi connectivity index (χ1) is 14.0. The molecule has 1 atom stereocenters. The lowest BCUT2D eigenvalue weighted by molar-refractivity contribution is 0.0898. The Morgan fingerprint density at radius 3 is 2.55 bits per heavy atom. The Morgan fingerprint density at radius 1 is 1.10 bits per heavy atom. The van der Waals surface area contributed by atoms with Crippen molar-refractivity contribution in [3.8, 4) is 0 Å². The maximum atomic E-state index is 13.6. The highest BCUT2D eigenvalue weighted by Crippen LogP contribution is 2.27. The Bertz CT molecular complexity index is 1000. The van der Waals surface area contributed by atoms with Crippen molar-refractivity contribution in [2.45, 2.75) is 39.2 Å². The Kier molecular flexibility index (Phi) is 5.67. The second-order valence-corrected chi connectivity index (χ2v) is 7.93. The van der Waals surface area contributed by atoms with Crippen molar-refractivity contribution in [3.05, 3.63) is 70.7 Å². The summed E-state index contributed by atoms with van der Waals surface area (Å²) >= 11 is 0. The van der Waals surface area contributed by atoms with Gasteiger partial charge in [0.25, 0.3) is 5.91 Å². The van der Waals surface area contributed by atoms with E-state index in [1.807, 2.05) is 0 Å². The lowest BCUT2D eigenvalue weighted by Crippen LogP contribution is -2.40. The first-order valence-electron chi connectivity index (χ1n) is 10.3. The molecule has 0 saturated carbocycles. The predicted octanol–water partition coefficient (Wildman–Crippen LogP) is 5.15. The molecule has 4 nitrogen and oxygen atoms in total. The lowest BCUT2D eigenvalue weighted by atomic mass is 10.0. The average Bonchev–Trinajstić information content (AvgIpc) is 3.06. The van der Waals surface area contributed by atoms with Gasteiger partial charge in [0.1, 0.15) is 11.4 Å². The number of hydrogen-bond acceptors (Lipinski definition) is 3. The summed E-state index contributed by atoms with van der Waals surface area (Å²) in [5, 5.41) is 3.70. The minimum atomic E-state index is -0.335. The molecule has 5 heteroatoms. The van der Waals surface area contributed by atoms with E-state index in [9.17, 15) is 9.18 Å². The van der Waals surface area contributed by atoms with E-state index < -0.39 is 0 Å². The second kappa shape index (κ2) is 8.37. The van der Waals surface area contributed by atoms with E-state index >= 15 is 0 Å². The number of carbonyl (C=O) groups excluding carboxylic acids is 1. The molecule has 0 radical (unpaired) electrons. The third-order valence-electron chi connectivity index (χ3n) is 5.85. The van der Waals surface area contributed by atoms with Crippen LogP contribution in [0.15, 0.2) is 46.9 Å². The largest absolute Gasteiger partial charge is 0.451 e. The summed E-state index contributed by atoms with van der Waals surface area (Å²) in [6.45, 7) is 6.46. The number of aryl methyl sites for hydroxylation is 2. The number of carbonyl (C=O) groups is 1. The van der Waals surface area contributed by atoms with Crippen LogP contribution in [-0.4, -0.2) is 30.4 Å². The zero-order valence-corrected chi connectivity index (χ0v) is 17.0. The molecule has 152 valence electrons. The van der Waals surface area contributed by atoms with Crippen molar-refractivity contribution in [3.63, 3.8) is 0 Å². The fourth-order valence-corrected chi connectivity index (χ4v) is 4.16. The molecule has 1 aliphatic rings. The quantitative estimate of drug-likeness (QED) is 0.651. The van der Waals surface area contributed by atoms with Gasteiger partial charge >= 0.3 is 0 Å². The molecule has 3 aromatic rings. The first kappa shape index (κ1) is 19.6. The lowest BCUT2D eigenvalue weighted by Gasteiger charge is -2.35. The highest BCUT2D eigenvalue weighted by atomic mass is 19.1. The molecule has 29 heavy (non-hydrogen) atoms. The van der Waals surface area contributed by atoms with Crippen molar-refractivity contribution in [2.75, 3.05) is 19.6 Å². The Hall–Kier alpha value is -2.66. The number of nitrogens with zero attached hydrogens (tertiary/aromatic N) is 1. The number of benzene rings is 2. The topological polar surface area (TPSA) is 45.5 Å². The summed E-state index contributed by atoms with van der Waals surface area (Å²) in [5.74, 6) is -0.335. The van der Waals surface area contributed by atoms with Crippen molar-refractivity contribution in [1.82, 2.24) is 10.2 Å². The second-order valence-electron chi connectivity index (χ2n) is 7.93. The number of rotatable bonds is 5. The molecule has 0 spiro atoms. The molecule has 0 aliphatic carbocycles. The number of fused-ring (bicyclic) bond motifs is 1.